The average Bonchev–Trinajstić information content (AvgIpc) is 3.02. The summed E-state index contributed by atoms with van der Waals surface area (Å²) in [4.78, 5) is 26.0. The molecule has 1 saturated heterocycles. The third-order valence-corrected chi connectivity index (χ3v) is 4.42. The summed E-state index contributed by atoms with van der Waals surface area (Å²) >= 11 is 5.98. The SMILES string of the molecule is Cc1ccc(Cl)cc1NC(=O)CNc1ccccc1N1CCCC1=O. The van der Waals surface area contributed by atoms with Crippen LogP contribution < -0.4 is 15.5 Å². The summed E-state index contributed by atoms with van der Waals surface area (Å²) in [6.45, 7) is 2.73. The number of carbonyl (C=O) groups is 2. The zero-order valence-corrected chi connectivity index (χ0v) is 14.8. The monoisotopic (exact) mass is 357 g/mol. The Morgan fingerprint density at radius 2 is 2.00 bits per heavy atom. The predicted molar refractivity (Wildman–Crippen MR) is 101 cm³/mol. The molecular formula is C19H20ClN3O2. The molecule has 5 nitrogen and oxygen atoms in total. The van der Waals surface area contributed by atoms with Gasteiger partial charge in [-0.2, -0.15) is 0 Å². The summed E-state index contributed by atoms with van der Waals surface area (Å²) in [5, 5.41) is 6.55. The summed E-state index contributed by atoms with van der Waals surface area (Å²) in [7, 11) is 0. The highest BCUT2D eigenvalue weighted by Crippen LogP contribution is 2.29. The Bertz CT molecular complexity index is 807. The van der Waals surface area contributed by atoms with Gasteiger partial charge in [-0.15, -0.1) is 0 Å². The van der Waals surface area contributed by atoms with Gasteiger partial charge in [0, 0.05) is 23.7 Å². The van der Waals surface area contributed by atoms with Crippen molar-refractivity contribution >= 4 is 40.5 Å². The van der Waals surface area contributed by atoms with Gasteiger partial charge in [0.15, 0.2) is 0 Å². The fourth-order valence-electron chi connectivity index (χ4n) is 2.86. The van der Waals surface area contributed by atoms with E-state index in [1.54, 1.807) is 17.0 Å². The Morgan fingerprint density at radius 3 is 2.76 bits per heavy atom. The smallest absolute Gasteiger partial charge is 0.243 e. The molecule has 0 atom stereocenters. The summed E-state index contributed by atoms with van der Waals surface area (Å²) < 4.78 is 0. The van der Waals surface area contributed by atoms with Crippen molar-refractivity contribution in [2.24, 2.45) is 0 Å². The van der Waals surface area contributed by atoms with Gasteiger partial charge in [-0.05, 0) is 43.2 Å². The van der Waals surface area contributed by atoms with Crippen LogP contribution in [0.1, 0.15) is 18.4 Å². The van der Waals surface area contributed by atoms with Gasteiger partial charge in [0.25, 0.3) is 0 Å². The minimum Gasteiger partial charge on any atom is -0.374 e. The second kappa shape index (κ2) is 7.57. The largest absolute Gasteiger partial charge is 0.374 e. The molecule has 3 rings (SSSR count). The van der Waals surface area contributed by atoms with Crippen LogP contribution in [0.2, 0.25) is 5.02 Å². The first-order chi connectivity index (χ1) is 12.0. The number of halogens is 1. The second-order valence-corrected chi connectivity index (χ2v) is 6.46. The first kappa shape index (κ1) is 17.3. The van der Waals surface area contributed by atoms with E-state index in [1.165, 1.54) is 0 Å². The van der Waals surface area contributed by atoms with Crippen molar-refractivity contribution in [3.05, 3.63) is 53.1 Å². The molecule has 0 saturated carbocycles. The molecule has 1 aliphatic rings. The second-order valence-electron chi connectivity index (χ2n) is 6.03. The van der Waals surface area contributed by atoms with E-state index in [-0.39, 0.29) is 18.4 Å². The van der Waals surface area contributed by atoms with Gasteiger partial charge in [-0.25, -0.2) is 0 Å². The molecule has 25 heavy (non-hydrogen) atoms. The van der Waals surface area contributed by atoms with E-state index in [9.17, 15) is 9.59 Å². The van der Waals surface area contributed by atoms with Gasteiger partial charge < -0.3 is 15.5 Å². The van der Waals surface area contributed by atoms with Crippen molar-refractivity contribution in [1.29, 1.82) is 0 Å². The average molecular weight is 358 g/mol. The molecule has 2 amide bonds. The summed E-state index contributed by atoms with van der Waals surface area (Å²) in [6.07, 6.45) is 1.44. The van der Waals surface area contributed by atoms with Crippen LogP contribution in [-0.4, -0.2) is 24.9 Å². The Hall–Kier alpha value is -2.53. The van der Waals surface area contributed by atoms with E-state index in [4.69, 9.17) is 11.6 Å². The highest BCUT2D eigenvalue weighted by Gasteiger charge is 2.23. The molecule has 0 bridgehead atoms. The summed E-state index contributed by atoms with van der Waals surface area (Å²) in [6, 6.07) is 12.9. The van der Waals surface area contributed by atoms with Gasteiger partial charge in [0.05, 0.1) is 17.9 Å². The molecule has 2 aromatic carbocycles. The minimum atomic E-state index is -0.173. The van der Waals surface area contributed by atoms with Gasteiger partial charge in [0.1, 0.15) is 0 Å². The maximum atomic E-state index is 12.2. The molecule has 0 aromatic heterocycles. The van der Waals surface area contributed by atoms with E-state index < -0.39 is 0 Å². The van der Waals surface area contributed by atoms with Gasteiger partial charge in [-0.1, -0.05) is 29.8 Å². The van der Waals surface area contributed by atoms with Crippen molar-refractivity contribution in [3.8, 4) is 0 Å². The fourth-order valence-corrected chi connectivity index (χ4v) is 3.03. The quantitative estimate of drug-likeness (QED) is 0.855. The lowest BCUT2D eigenvalue weighted by atomic mass is 10.2. The first-order valence-electron chi connectivity index (χ1n) is 8.24. The van der Waals surface area contributed by atoms with Gasteiger partial charge in [0.2, 0.25) is 11.8 Å². The highest BCUT2D eigenvalue weighted by atomic mass is 35.5. The molecular weight excluding hydrogens is 338 g/mol. The van der Waals surface area contributed by atoms with Crippen LogP contribution in [0.3, 0.4) is 0 Å². The molecule has 2 N–H and O–H groups in total. The van der Waals surface area contributed by atoms with Crippen LogP contribution in [-0.2, 0) is 9.59 Å². The molecule has 0 spiro atoms. The van der Waals surface area contributed by atoms with Crippen molar-refractivity contribution in [1.82, 2.24) is 0 Å². The maximum Gasteiger partial charge on any atom is 0.243 e. The van der Waals surface area contributed by atoms with Crippen molar-refractivity contribution in [2.75, 3.05) is 28.6 Å². The number of anilines is 3. The highest BCUT2D eigenvalue weighted by molar-refractivity contribution is 6.31. The molecule has 0 aliphatic carbocycles. The van der Waals surface area contributed by atoms with E-state index in [2.05, 4.69) is 10.6 Å². The number of amides is 2. The van der Waals surface area contributed by atoms with E-state index in [0.717, 1.165) is 23.4 Å². The Morgan fingerprint density at radius 1 is 1.20 bits per heavy atom. The lowest BCUT2D eigenvalue weighted by Gasteiger charge is -2.20. The van der Waals surface area contributed by atoms with Crippen LogP contribution in [0.15, 0.2) is 42.5 Å². The molecule has 6 heteroatoms. The summed E-state index contributed by atoms with van der Waals surface area (Å²) in [5.74, 6) is -0.0545. The number of nitrogens with zero attached hydrogens (tertiary/aromatic N) is 1. The number of para-hydroxylation sites is 2. The predicted octanol–water partition coefficient (Wildman–Crippen LogP) is 3.83. The van der Waals surface area contributed by atoms with E-state index >= 15 is 0 Å². The number of aryl methyl sites for hydroxylation is 1. The molecule has 0 unspecified atom stereocenters. The lowest BCUT2D eigenvalue weighted by Crippen LogP contribution is -2.26. The third kappa shape index (κ3) is 4.12. The van der Waals surface area contributed by atoms with E-state index in [1.807, 2.05) is 37.3 Å². The normalized spacial score (nSPS) is 13.8. The van der Waals surface area contributed by atoms with Gasteiger partial charge >= 0.3 is 0 Å². The fraction of sp³-hybridized carbons (Fsp3) is 0.263. The standard InChI is InChI=1S/C19H20ClN3O2/c1-13-8-9-14(20)11-16(13)22-18(24)12-21-15-5-2-3-6-17(15)23-10-4-7-19(23)25/h2-3,5-6,8-9,11,21H,4,7,10,12H2,1H3,(H,22,24). The Balaban J connectivity index is 1.66. The molecule has 1 aliphatic heterocycles. The number of hydrogen-bond acceptors (Lipinski definition) is 3. The van der Waals surface area contributed by atoms with E-state index in [0.29, 0.717) is 23.7 Å². The number of hydrogen-bond donors (Lipinski definition) is 2. The van der Waals surface area contributed by atoms with Crippen LogP contribution in [0.25, 0.3) is 0 Å². The van der Waals surface area contributed by atoms with Crippen LogP contribution >= 0.6 is 11.6 Å². The molecule has 2 aromatic rings. The zero-order valence-electron chi connectivity index (χ0n) is 14.0. The van der Waals surface area contributed by atoms with Crippen LogP contribution in [0.4, 0.5) is 17.1 Å². The maximum absolute atomic E-state index is 12.2. The van der Waals surface area contributed by atoms with Crippen molar-refractivity contribution < 1.29 is 9.59 Å². The Labute approximate surface area is 152 Å². The van der Waals surface area contributed by atoms with Crippen molar-refractivity contribution in [3.63, 3.8) is 0 Å². The molecule has 130 valence electrons. The molecule has 1 heterocycles. The number of rotatable bonds is 5. The van der Waals surface area contributed by atoms with Crippen LogP contribution in [0.5, 0.6) is 0 Å². The van der Waals surface area contributed by atoms with Gasteiger partial charge in [-0.3, -0.25) is 9.59 Å². The first-order valence-corrected chi connectivity index (χ1v) is 8.61. The third-order valence-electron chi connectivity index (χ3n) is 4.18. The zero-order chi connectivity index (χ0) is 17.8. The topological polar surface area (TPSA) is 61.4 Å². The number of nitrogens with one attached hydrogen (secondary N) is 2. The van der Waals surface area contributed by atoms with Crippen LogP contribution in [0, 0.1) is 6.92 Å². The number of benzene rings is 2. The lowest BCUT2D eigenvalue weighted by molar-refractivity contribution is -0.117. The molecule has 0 radical (unpaired) electrons. The molecule has 1 fully saturated rings. The Kier molecular flexibility index (Phi) is 5.24. The number of carbonyl (C=O) groups excluding carboxylic acids is 2. The minimum absolute atomic E-state index is 0.102. The summed E-state index contributed by atoms with van der Waals surface area (Å²) in [5.41, 5.74) is 3.23. The van der Waals surface area contributed by atoms with Crippen molar-refractivity contribution in [2.45, 2.75) is 19.8 Å².